The van der Waals surface area contributed by atoms with Crippen LogP contribution in [0.1, 0.15) is 23.4 Å². The highest BCUT2D eigenvalue weighted by Crippen LogP contribution is 2.22. The number of thiazole rings is 1. The van der Waals surface area contributed by atoms with E-state index in [0.29, 0.717) is 11.2 Å². The maximum Gasteiger partial charge on any atom is 0.180 e. The Labute approximate surface area is 105 Å². The fraction of sp³-hybridized carbons (Fsp3) is 0.333. The number of nitrogens with zero attached hydrogens (tertiary/aromatic N) is 3. The quantitative estimate of drug-likeness (QED) is 0.902. The molecule has 0 aliphatic rings. The standard InChI is InChI=1S/C12H16N4S/c1-9(10-3-5-14-6-4-10)16(2)8-11-7-15-12(13)17-11/h3-7,9H,8H2,1-2H3,(H2,13,15). The summed E-state index contributed by atoms with van der Waals surface area (Å²) in [6, 6.07) is 4.44. The Morgan fingerprint density at radius 1 is 1.41 bits per heavy atom. The molecule has 0 aliphatic carbocycles. The highest BCUT2D eigenvalue weighted by molar-refractivity contribution is 7.15. The summed E-state index contributed by atoms with van der Waals surface area (Å²) in [6.07, 6.45) is 5.49. The van der Waals surface area contributed by atoms with Crippen molar-refractivity contribution in [1.29, 1.82) is 0 Å². The number of nitrogens with two attached hydrogens (primary N) is 1. The minimum Gasteiger partial charge on any atom is -0.375 e. The monoisotopic (exact) mass is 248 g/mol. The molecule has 5 heteroatoms. The van der Waals surface area contributed by atoms with E-state index in [1.54, 1.807) is 11.3 Å². The van der Waals surface area contributed by atoms with Gasteiger partial charge in [-0.05, 0) is 31.7 Å². The molecule has 0 fully saturated rings. The van der Waals surface area contributed by atoms with E-state index in [4.69, 9.17) is 5.73 Å². The van der Waals surface area contributed by atoms with E-state index in [2.05, 4.69) is 28.8 Å². The van der Waals surface area contributed by atoms with Crippen LogP contribution in [0.4, 0.5) is 5.13 Å². The Morgan fingerprint density at radius 2 is 2.12 bits per heavy atom. The Hall–Kier alpha value is -1.46. The normalized spacial score (nSPS) is 12.9. The summed E-state index contributed by atoms with van der Waals surface area (Å²) in [4.78, 5) is 11.5. The molecule has 2 heterocycles. The van der Waals surface area contributed by atoms with Crippen LogP contribution in [0.5, 0.6) is 0 Å². The Morgan fingerprint density at radius 3 is 2.71 bits per heavy atom. The van der Waals surface area contributed by atoms with Crippen molar-refractivity contribution in [2.45, 2.75) is 19.5 Å². The van der Waals surface area contributed by atoms with E-state index in [0.717, 1.165) is 6.54 Å². The van der Waals surface area contributed by atoms with Crippen LogP contribution in [0, 0.1) is 0 Å². The minimum atomic E-state index is 0.348. The summed E-state index contributed by atoms with van der Waals surface area (Å²) < 4.78 is 0. The first-order valence-electron chi connectivity index (χ1n) is 5.47. The molecule has 1 unspecified atom stereocenters. The molecule has 0 spiro atoms. The SMILES string of the molecule is CC(c1ccncc1)N(C)Cc1cnc(N)s1. The topological polar surface area (TPSA) is 55.0 Å². The molecule has 2 aromatic heterocycles. The lowest BCUT2D eigenvalue weighted by atomic mass is 10.1. The van der Waals surface area contributed by atoms with E-state index in [1.807, 2.05) is 30.7 Å². The predicted octanol–water partition coefficient (Wildman–Crippen LogP) is 2.31. The van der Waals surface area contributed by atoms with Crippen LogP contribution in [0.3, 0.4) is 0 Å². The summed E-state index contributed by atoms with van der Waals surface area (Å²) in [5.41, 5.74) is 6.89. The average molecular weight is 248 g/mol. The van der Waals surface area contributed by atoms with E-state index < -0.39 is 0 Å². The predicted molar refractivity (Wildman–Crippen MR) is 70.6 cm³/mol. The van der Waals surface area contributed by atoms with Crippen molar-refractivity contribution in [2.75, 3.05) is 12.8 Å². The lowest BCUT2D eigenvalue weighted by molar-refractivity contribution is 0.255. The molecular weight excluding hydrogens is 232 g/mol. The van der Waals surface area contributed by atoms with Gasteiger partial charge in [0.25, 0.3) is 0 Å². The second-order valence-electron chi connectivity index (χ2n) is 4.04. The van der Waals surface area contributed by atoms with Crippen molar-refractivity contribution in [2.24, 2.45) is 0 Å². The molecule has 0 saturated heterocycles. The molecule has 90 valence electrons. The zero-order valence-corrected chi connectivity index (χ0v) is 10.8. The fourth-order valence-corrected chi connectivity index (χ4v) is 2.42. The van der Waals surface area contributed by atoms with Crippen LogP contribution >= 0.6 is 11.3 Å². The van der Waals surface area contributed by atoms with Gasteiger partial charge in [0, 0.05) is 36.1 Å². The number of rotatable bonds is 4. The zero-order valence-electron chi connectivity index (χ0n) is 10.00. The summed E-state index contributed by atoms with van der Waals surface area (Å²) >= 11 is 1.54. The Bertz CT molecular complexity index is 468. The van der Waals surface area contributed by atoms with Crippen molar-refractivity contribution in [3.63, 3.8) is 0 Å². The molecular formula is C12H16N4S. The second kappa shape index (κ2) is 5.25. The second-order valence-corrected chi connectivity index (χ2v) is 5.18. The number of nitrogen functional groups attached to an aromatic ring is 1. The van der Waals surface area contributed by atoms with Gasteiger partial charge < -0.3 is 5.73 Å². The van der Waals surface area contributed by atoms with E-state index in [9.17, 15) is 0 Å². The lowest BCUT2D eigenvalue weighted by Crippen LogP contribution is -2.21. The van der Waals surface area contributed by atoms with Crippen molar-refractivity contribution in [1.82, 2.24) is 14.9 Å². The average Bonchev–Trinajstić information content (AvgIpc) is 2.75. The number of aromatic nitrogens is 2. The van der Waals surface area contributed by atoms with Gasteiger partial charge in [0.2, 0.25) is 0 Å². The molecule has 2 N–H and O–H groups in total. The van der Waals surface area contributed by atoms with Crippen molar-refractivity contribution in [3.05, 3.63) is 41.2 Å². The zero-order chi connectivity index (χ0) is 12.3. The van der Waals surface area contributed by atoms with Gasteiger partial charge in [-0.25, -0.2) is 4.98 Å². The van der Waals surface area contributed by atoms with Crippen LogP contribution in [0.15, 0.2) is 30.7 Å². The number of hydrogen-bond acceptors (Lipinski definition) is 5. The molecule has 0 radical (unpaired) electrons. The van der Waals surface area contributed by atoms with Crippen molar-refractivity contribution >= 4 is 16.5 Å². The largest absolute Gasteiger partial charge is 0.375 e. The summed E-state index contributed by atoms with van der Waals surface area (Å²) in [5.74, 6) is 0. The van der Waals surface area contributed by atoms with Gasteiger partial charge in [-0.15, -0.1) is 11.3 Å². The van der Waals surface area contributed by atoms with E-state index >= 15 is 0 Å². The minimum absolute atomic E-state index is 0.348. The smallest absolute Gasteiger partial charge is 0.180 e. The van der Waals surface area contributed by atoms with Crippen LogP contribution in [0.25, 0.3) is 0 Å². The number of pyridine rings is 1. The van der Waals surface area contributed by atoms with Crippen molar-refractivity contribution < 1.29 is 0 Å². The summed E-state index contributed by atoms with van der Waals surface area (Å²) in [6.45, 7) is 3.04. The van der Waals surface area contributed by atoms with Gasteiger partial charge in [0.1, 0.15) is 0 Å². The van der Waals surface area contributed by atoms with Gasteiger partial charge in [0.15, 0.2) is 5.13 Å². The maximum absolute atomic E-state index is 5.62. The molecule has 0 saturated carbocycles. The first-order chi connectivity index (χ1) is 8.16. The molecule has 17 heavy (non-hydrogen) atoms. The van der Waals surface area contributed by atoms with Crippen LogP contribution < -0.4 is 5.73 Å². The molecule has 0 bridgehead atoms. The van der Waals surface area contributed by atoms with Crippen LogP contribution in [-0.4, -0.2) is 21.9 Å². The van der Waals surface area contributed by atoms with E-state index in [-0.39, 0.29) is 0 Å². The number of hydrogen-bond donors (Lipinski definition) is 1. The molecule has 0 aromatic carbocycles. The molecule has 1 atom stereocenters. The summed E-state index contributed by atoms with van der Waals surface area (Å²) in [5, 5.41) is 0.630. The third-order valence-electron chi connectivity index (χ3n) is 2.83. The van der Waals surface area contributed by atoms with Gasteiger partial charge in [-0.2, -0.15) is 0 Å². The van der Waals surface area contributed by atoms with Crippen LogP contribution in [-0.2, 0) is 6.54 Å². The third kappa shape index (κ3) is 3.01. The fourth-order valence-electron chi connectivity index (χ4n) is 1.67. The Balaban J connectivity index is 2.03. The molecule has 0 amide bonds. The third-order valence-corrected chi connectivity index (χ3v) is 3.64. The van der Waals surface area contributed by atoms with Gasteiger partial charge in [-0.1, -0.05) is 0 Å². The Kier molecular flexibility index (Phi) is 3.71. The van der Waals surface area contributed by atoms with Crippen LogP contribution in [0.2, 0.25) is 0 Å². The molecule has 4 nitrogen and oxygen atoms in total. The molecule has 2 aromatic rings. The van der Waals surface area contributed by atoms with Gasteiger partial charge in [0.05, 0.1) is 0 Å². The lowest BCUT2D eigenvalue weighted by Gasteiger charge is -2.24. The highest BCUT2D eigenvalue weighted by atomic mass is 32.1. The van der Waals surface area contributed by atoms with Crippen molar-refractivity contribution in [3.8, 4) is 0 Å². The molecule has 2 rings (SSSR count). The van der Waals surface area contributed by atoms with Gasteiger partial charge >= 0.3 is 0 Å². The highest BCUT2D eigenvalue weighted by Gasteiger charge is 2.12. The molecule has 0 aliphatic heterocycles. The van der Waals surface area contributed by atoms with E-state index in [1.165, 1.54) is 10.4 Å². The summed E-state index contributed by atoms with van der Waals surface area (Å²) in [7, 11) is 2.10. The number of anilines is 1. The van der Waals surface area contributed by atoms with Gasteiger partial charge in [-0.3, -0.25) is 9.88 Å². The first kappa shape index (κ1) is 12.0. The first-order valence-corrected chi connectivity index (χ1v) is 6.29. The maximum atomic E-state index is 5.62.